The van der Waals surface area contributed by atoms with Gasteiger partial charge in [-0.1, -0.05) is 30.3 Å². The van der Waals surface area contributed by atoms with Crippen molar-refractivity contribution >= 4 is 5.82 Å². The molecule has 0 amide bonds. The van der Waals surface area contributed by atoms with Crippen LogP contribution in [0, 0.1) is 0 Å². The molecular weight excluding hydrogens is 334 g/mol. The maximum absolute atomic E-state index is 4.62. The van der Waals surface area contributed by atoms with Crippen molar-refractivity contribution in [3.05, 3.63) is 60.9 Å². The third-order valence-electron chi connectivity index (χ3n) is 5.19. The average Bonchev–Trinajstić information content (AvgIpc) is 2.74. The molecule has 0 radical (unpaired) electrons. The Labute approximate surface area is 160 Å². The summed E-state index contributed by atoms with van der Waals surface area (Å²) in [5.74, 6) is 0.954. The zero-order valence-corrected chi connectivity index (χ0v) is 15.9. The summed E-state index contributed by atoms with van der Waals surface area (Å²) in [5.41, 5.74) is 4.19. The molecule has 4 rings (SSSR count). The van der Waals surface area contributed by atoms with Crippen LogP contribution in [-0.4, -0.2) is 52.3 Å². The van der Waals surface area contributed by atoms with E-state index in [1.165, 1.54) is 0 Å². The largest absolute Gasteiger partial charge is 0.353 e. The smallest absolute Gasteiger partial charge is 0.151 e. The molecule has 0 saturated carbocycles. The van der Waals surface area contributed by atoms with Gasteiger partial charge >= 0.3 is 0 Å². The number of pyridine rings is 1. The van der Waals surface area contributed by atoms with E-state index in [1.54, 1.807) is 12.4 Å². The van der Waals surface area contributed by atoms with E-state index >= 15 is 0 Å². The van der Waals surface area contributed by atoms with Crippen LogP contribution in [0.3, 0.4) is 0 Å². The summed E-state index contributed by atoms with van der Waals surface area (Å²) in [6.07, 6.45) is 3.59. The van der Waals surface area contributed by atoms with Gasteiger partial charge in [0.05, 0.1) is 0 Å². The summed E-state index contributed by atoms with van der Waals surface area (Å²) in [6, 6.07) is 17.2. The Morgan fingerprint density at radius 3 is 2.19 bits per heavy atom. The summed E-state index contributed by atoms with van der Waals surface area (Å²) >= 11 is 0. The molecule has 0 atom stereocenters. The normalized spacial score (nSPS) is 15.3. The van der Waals surface area contributed by atoms with E-state index in [1.807, 2.05) is 18.2 Å². The monoisotopic (exact) mass is 359 g/mol. The molecule has 0 bridgehead atoms. The molecule has 3 aromatic rings. The number of hydrogen-bond donors (Lipinski definition) is 0. The van der Waals surface area contributed by atoms with Gasteiger partial charge in [0.2, 0.25) is 0 Å². The molecule has 3 heterocycles. The van der Waals surface area contributed by atoms with Crippen LogP contribution in [0.15, 0.2) is 60.9 Å². The fourth-order valence-electron chi connectivity index (χ4n) is 3.56. The van der Waals surface area contributed by atoms with Gasteiger partial charge in [-0.2, -0.15) is 0 Å². The summed E-state index contributed by atoms with van der Waals surface area (Å²) < 4.78 is 0. The van der Waals surface area contributed by atoms with Crippen LogP contribution in [0.1, 0.15) is 13.8 Å². The molecule has 1 aliphatic rings. The first-order valence-corrected chi connectivity index (χ1v) is 9.55. The van der Waals surface area contributed by atoms with Gasteiger partial charge < -0.3 is 4.90 Å². The summed E-state index contributed by atoms with van der Waals surface area (Å²) in [4.78, 5) is 8.97. The van der Waals surface area contributed by atoms with E-state index in [4.69, 9.17) is 0 Å². The van der Waals surface area contributed by atoms with E-state index in [2.05, 4.69) is 69.2 Å². The highest BCUT2D eigenvalue weighted by atomic mass is 15.3. The zero-order chi connectivity index (χ0) is 18.6. The second-order valence-corrected chi connectivity index (χ2v) is 7.18. The van der Waals surface area contributed by atoms with Crippen molar-refractivity contribution in [2.75, 3.05) is 31.1 Å². The van der Waals surface area contributed by atoms with Crippen molar-refractivity contribution < 1.29 is 0 Å². The number of rotatable bonds is 4. The maximum Gasteiger partial charge on any atom is 0.151 e. The lowest BCUT2D eigenvalue weighted by molar-refractivity contribution is 0.209. The number of benzene rings is 1. The van der Waals surface area contributed by atoms with E-state index in [0.29, 0.717) is 6.04 Å². The van der Waals surface area contributed by atoms with Gasteiger partial charge in [0.1, 0.15) is 5.69 Å². The molecule has 5 nitrogen and oxygen atoms in total. The van der Waals surface area contributed by atoms with Gasteiger partial charge in [-0.25, -0.2) is 0 Å². The third-order valence-corrected chi connectivity index (χ3v) is 5.19. The fraction of sp³-hybridized carbons (Fsp3) is 0.318. The quantitative estimate of drug-likeness (QED) is 0.710. The van der Waals surface area contributed by atoms with Gasteiger partial charge in [-0.05, 0) is 37.6 Å². The highest BCUT2D eigenvalue weighted by molar-refractivity contribution is 5.81. The summed E-state index contributed by atoms with van der Waals surface area (Å²) in [5, 5.41) is 9.19. The maximum atomic E-state index is 4.62. The lowest BCUT2D eigenvalue weighted by Gasteiger charge is -2.37. The molecule has 0 aliphatic carbocycles. The second-order valence-electron chi connectivity index (χ2n) is 7.18. The van der Waals surface area contributed by atoms with E-state index in [-0.39, 0.29) is 0 Å². The first-order valence-electron chi connectivity index (χ1n) is 9.55. The first kappa shape index (κ1) is 17.6. The lowest BCUT2D eigenvalue weighted by Crippen LogP contribution is -2.49. The summed E-state index contributed by atoms with van der Waals surface area (Å²) in [7, 11) is 0. The van der Waals surface area contributed by atoms with Crippen LogP contribution < -0.4 is 4.90 Å². The van der Waals surface area contributed by atoms with Crippen LogP contribution in [0.25, 0.3) is 22.4 Å². The molecule has 138 valence electrons. The lowest BCUT2D eigenvalue weighted by atomic mass is 10.0. The first-order chi connectivity index (χ1) is 13.2. The Morgan fingerprint density at radius 1 is 0.815 bits per heavy atom. The minimum atomic E-state index is 0.590. The van der Waals surface area contributed by atoms with Crippen molar-refractivity contribution in [1.29, 1.82) is 0 Å². The van der Waals surface area contributed by atoms with Crippen LogP contribution in [-0.2, 0) is 0 Å². The van der Waals surface area contributed by atoms with Crippen LogP contribution >= 0.6 is 0 Å². The Bertz CT molecular complexity index is 872. The van der Waals surface area contributed by atoms with Crippen molar-refractivity contribution in [1.82, 2.24) is 20.1 Å². The molecule has 1 aliphatic heterocycles. The molecule has 27 heavy (non-hydrogen) atoms. The highest BCUT2D eigenvalue weighted by Crippen LogP contribution is 2.32. The molecule has 0 N–H and O–H groups in total. The van der Waals surface area contributed by atoms with Gasteiger partial charge in [-0.3, -0.25) is 9.88 Å². The minimum Gasteiger partial charge on any atom is -0.353 e. The molecule has 1 aromatic carbocycles. The van der Waals surface area contributed by atoms with Gasteiger partial charge in [-0.15, -0.1) is 10.2 Å². The van der Waals surface area contributed by atoms with Crippen molar-refractivity contribution in [2.24, 2.45) is 0 Å². The SMILES string of the molecule is CC(C)N1CCN(c2cc(-c3ccccc3)c(-c3ccncc3)nn2)CC1. The number of anilines is 1. The topological polar surface area (TPSA) is 45.2 Å². The molecule has 5 heteroatoms. The predicted octanol–water partition coefficient (Wildman–Crippen LogP) is 3.74. The van der Waals surface area contributed by atoms with Gasteiger partial charge in [0.15, 0.2) is 5.82 Å². The van der Waals surface area contributed by atoms with Gasteiger partial charge in [0.25, 0.3) is 0 Å². The van der Waals surface area contributed by atoms with E-state index in [9.17, 15) is 0 Å². The Hall–Kier alpha value is -2.79. The number of nitrogens with zero attached hydrogens (tertiary/aromatic N) is 5. The van der Waals surface area contributed by atoms with Crippen molar-refractivity contribution in [3.63, 3.8) is 0 Å². The standard InChI is InChI=1S/C22H25N5/c1-17(2)26-12-14-27(15-13-26)21-16-20(18-6-4-3-5-7-18)22(25-24-21)19-8-10-23-11-9-19/h3-11,16-17H,12-15H2,1-2H3. The Morgan fingerprint density at radius 2 is 1.52 bits per heavy atom. The van der Waals surface area contributed by atoms with Crippen LogP contribution in [0.2, 0.25) is 0 Å². The summed E-state index contributed by atoms with van der Waals surface area (Å²) in [6.45, 7) is 8.60. The van der Waals surface area contributed by atoms with Gasteiger partial charge in [0, 0.05) is 55.7 Å². The molecule has 1 saturated heterocycles. The predicted molar refractivity (Wildman–Crippen MR) is 110 cm³/mol. The Balaban J connectivity index is 1.70. The highest BCUT2D eigenvalue weighted by Gasteiger charge is 2.21. The molecule has 1 fully saturated rings. The van der Waals surface area contributed by atoms with Crippen LogP contribution in [0.5, 0.6) is 0 Å². The number of aromatic nitrogens is 3. The Kier molecular flexibility index (Phi) is 5.12. The molecule has 0 spiro atoms. The zero-order valence-electron chi connectivity index (χ0n) is 15.9. The molecule has 2 aromatic heterocycles. The van der Waals surface area contributed by atoms with Crippen molar-refractivity contribution in [2.45, 2.75) is 19.9 Å². The average molecular weight is 359 g/mol. The molecular formula is C22H25N5. The third kappa shape index (κ3) is 3.83. The second kappa shape index (κ2) is 7.84. The number of piperazine rings is 1. The van der Waals surface area contributed by atoms with E-state index < -0.39 is 0 Å². The van der Waals surface area contributed by atoms with Crippen LogP contribution in [0.4, 0.5) is 5.82 Å². The van der Waals surface area contributed by atoms with E-state index in [0.717, 1.165) is 54.4 Å². The molecule has 0 unspecified atom stereocenters. The number of hydrogen-bond acceptors (Lipinski definition) is 5. The van der Waals surface area contributed by atoms with Crippen molar-refractivity contribution in [3.8, 4) is 22.4 Å². The minimum absolute atomic E-state index is 0.590. The fourth-order valence-corrected chi connectivity index (χ4v) is 3.56.